The molecule has 1 aromatic carbocycles. The van der Waals surface area contributed by atoms with Gasteiger partial charge in [0.05, 0.1) is 18.3 Å². The molecule has 2 aromatic heterocycles. The Kier molecular flexibility index (Phi) is 3.83. The van der Waals surface area contributed by atoms with Crippen LogP contribution >= 0.6 is 11.3 Å². The summed E-state index contributed by atoms with van der Waals surface area (Å²) in [7, 11) is 0. The summed E-state index contributed by atoms with van der Waals surface area (Å²) in [6, 6.07) is 11.2. The molecule has 0 bridgehead atoms. The average Bonchev–Trinajstić information content (AvgIpc) is 3.00. The lowest BCUT2D eigenvalue weighted by atomic mass is 10.1. The second kappa shape index (κ2) is 5.93. The summed E-state index contributed by atoms with van der Waals surface area (Å²) in [4.78, 5) is 17.0. The summed E-state index contributed by atoms with van der Waals surface area (Å²) in [6.07, 6.45) is 2.24. The second-order valence-corrected chi connectivity index (χ2v) is 5.53. The van der Waals surface area contributed by atoms with E-state index in [0.717, 1.165) is 6.42 Å². The Morgan fingerprint density at radius 3 is 2.86 bits per heavy atom. The van der Waals surface area contributed by atoms with Crippen LogP contribution in [-0.4, -0.2) is 22.7 Å². The molecule has 3 aromatic rings. The third-order valence-corrected chi connectivity index (χ3v) is 4.08. The number of para-hydroxylation sites is 1. The maximum absolute atomic E-state index is 11.5. The van der Waals surface area contributed by atoms with Crippen molar-refractivity contribution in [3.8, 4) is 5.75 Å². The monoisotopic (exact) mass is 299 g/mol. The zero-order valence-corrected chi connectivity index (χ0v) is 12.0. The van der Waals surface area contributed by atoms with Crippen molar-refractivity contribution in [2.45, 2.75) is 6.42 Å². The van der Waals surface area contributed by atoms with Crippen LogP contribution in [0.25, 0.3) is 10.9 Å². The molecule has 1 N–H and O–H groups in total. The first-order valence-electron chi connectivity index (χ1n) is 6.52. The lowest BCUT2D eigenvalue weighted by Gasteiger charge is -2.10. The normalized spacial score (nSPS) is 10.7. The number of benzene rings is 1. The molecule has 0 unspecified atom stereocenters. The van der Waals surface area contributed by atoms with Gasteiger partial charge in [0.15, 0.2) is 5.75 Å². The van der Waals surface area contributed by atoms with Crippen LogP contribution in [-0.2, 0) is 6.42 Å². The lowest BCUT2D eigenvalue weighted by Crippen LogP contribution is -2.07. The number of nitrogens with zero attached hydrogens (tertiary/aromatic N) is 1. The Morgan fingerprint density at radius 2 is 2.10 bits per heavy atom. The number of carboxylic acids is 1. The highest BCUT2D eigenvalue weighted by molar-refractivity contribution is 7.09. The van der Waals surface area contributed by atoms with Crippen LogP contribution in [0.15, 0.2) is 48.0 Å². The van der Waals surface area contributed by atoms with Gasteiger partial charge in [-0.25, -0.2) is 4.79 Å². The molecule has 4 nitrogen and oxygen atoms in total. The average molecular weight is 299 g/mol. The molecule has 0 radical (unpaired) electrons. The van der Waals surface area contributed by atoms with E-state index in [1.807, 2.05) is 23.6 Å². The standard InChI is InChI=1S/C16H13NO3S/c18-16(19)15-12-5-1-2-6-13(12)17-10-14(15)20-8-7-11-4-3-9-21-11/h1-6,9-10H,7-8H2,(H,18,19). The van der Waals surface area contributed by atoms with Crippen molar-refractivity contribution in [3.05, 3.63) is 58.4 Å². The molecule has 0 atom stereocenters. The van der Waals surface area contributed by atoms with Gasteiger partial charge in [-0.05, 0) is 17.5 Å². The molecule has 0 amide bonds. The minimum Gasteiger partial charge on any atom is -0.491 e. The maximum Gasteiger partial charge on any atom is 0.340 e. The van der Waals surface area contributed by atoms with Crippen molar-refractivity contribution in [2.24, 2.45) is 0 Å². The summed E-state index contributed by atoms with van der Waals surface area (Å²) in [5, 5.41) is 12.0. The molecule has 0 spiro atoms. The van der Waals surface area contributed by atoms with Gasteiger partial charge in [-0.15, -0.1) is 11.3 Å². The molecule has 21 heavy (non-hydrogen) atoms. The quantitative estimate of drug-likeness (QED) is 0.781. The van der Waals surface area contributed by atoms with Crippen LogP contribution in [0.1, 0.15) is 15.2 Å². The Balaban J connectivity index is 1.87. The number of ether oxygens (including phenoxy) is 1. The number of hydrogen-bond donors (Lipinski definition) is 1. The van der Waals surface area contributed by atoms with E-state index in [0.29, 0.717) is 23.3 Å². The SMILES string of the molecule is O=C(O)c1c(OCCc2cccs2)cnc2ccccc12. The number of carbonyl (C=O) groups is 1. The Bertz CT molecular complexity index is 768. The van der Waals surface area contributed by atoms with Gasteiger partial charge in [-0.1, -0.05) is 24.3 Å². The third-order valence-electron chi connectivity index (χ3n) is 3.14. The highest BCUT2D eigenvalue weighted by atomic mass is 32.1. The molecular weight excluding hydrogens is 286 g/mol. The summed E-state index contributed by atoms with van der Waals surface area (Å²) in [5.74, 6) is -0.683. The second-order valence-electron chi connectivity index (χ2n) is 4.50. The smallest absolute Gasteiger partial charge is 0.340 e. The first-order chi connectivity index (χ1) is 10.3. The summed E-state index contributed by atoms with van der Waals surface area (Å²) >= 11 is 1.66. The van der Waals surface area contributed by atoms with Gasteiger partial charge in [0.2, 0.25) is 0 Å². The van der Waals surface area contributed by atoms with E-state index in [-0.39, 0.29) is 5.56 Å². The zero-order valence-electron chi connectivity index (χ0n) is 11.2. The maximum atomic E-state index is 11.5. The molecule has 0 saturated heterocycles. The lowest BCUT2D eigenvalue weighted by molar-refractivity contribution is 0.0694. The predicted molar refractivity (Wildman–Crippen MR) is 82.2 cm³/mol. The number of pyridine rings is 1. The van der Waals surface area contributed by atoms with E-state index < -0.39 is 5.97 Å². The minimum atomic E-state index is -1.00. The van der Waals surface area contributed by atoms with Crippen molar-refractivity contribution in [2.75, 3.05) is 6.61 Å². The zero-order chi connectivity index (χ0) is 14.7. The van der Waals surface area contributed by atoms with E-state index in [4.69, 9.17) is 4.74 Å². The number of aromatic carboxylic acids is 1. The molecule has 5 heteroatoms. The van der Waals surface area contributed by atoms with Crippen molar-refractivity contribution in [1.29, 1.82) is 0 Å². The van der Waals surface area contributed by atoms with Crippen LogP contribution in [0.4, 0.5) is 0 Å². The number of thiophene rings is 1. The third kappa shape index (κ3) is 2.87. The predicted octanol–water partition coefficient (Wildman–Crippen LogP) is 3.62. The van der Waals surface area contributed by atoms with Crippen molar-refractivity contribution >= 4 is 28.2 Å². The van der Waals surface area contributed by atoms with E-state index >= 15 is 0 Å². The van der Waals surface area contributed by atoms with Crippen LogP contribution in [0.5, 0.6) is 5.75 Å². The summed E-state index contributed by atoms with van der Waals surface area (Å²) in [6.45, 7) is 0.431. The van der Waals surface area contributed by atoms with Gasteiger partial charge >= 0.3 is 5.97 Å². The van der Waals surface area contributed by atoms with E-state index in [9.17, 15) is 9.90 Å². The Hall–Kier alpha value is -2.40. The summed E-state index contributed by atoms with van der Waals surface area (Å²) < 4.78 is 5.64. The van der Waals surface area contributed by atoms with Gasteiger partial charge in [0.1, 0.15) is 5.56 Å². The Morgan fingerprint density at radius 1 is 1.24 bits per heavy atom. The van der Waals surface area contributed by atoms with E-state index in [1.165, 1.54) is 11.1 Å². The minimum absolute atomic E-state index is 0.173. The van der Waals surface area contributed by atoms with E-state index in [2.05, 4.69) is 4.98 Å². The highest BCUT2D eigenvalue weighted by Gasteiger charge is 2.16. The largest absolute Gasteiger partial charge is 0.491 e. The molecule has 106 valence electrons. The van der Waals surface area contributed by atoms with Gasteiger partial charge in [0, 0.05) is 16.7 Å². The number of rotatable bonds is 5. The molecule has 2 heterocycles. The molecule has 0 fully saturated rings. The Labute approximate surface area is 125 Å². The van der Waals surface area contributed by atoms with Crippen LogP contribution in [0, 0.1) is 0 Å². The number of hydrogen-bond acceptors (Lipinski definition) is 4. The highest BCUT2D eigenvalue weighted by Crippen LogP contribution is 2.26. The van der Waals surface area contributed by atoms with Gasteiger partial charge < -0.3 is 9.84 Å². The first kappa shape index (κ1) is 13.6. The fourth-order valence-corrected chi connectivity index (χ4v) is 2.86. The fourth-order valence-electron chi connectivity index (χ4n) is 2.17. The number of aromatic nitrogens is 1. The number of fused-ring (bicyclic) bond motifs is 1. The fraction of sp³-hybridized carbons (Fsp3) is 0.125. The van der Waals surface area contributed by atoms with Crippen LogP contribution in [0.3, 0.4) is 0 Å². The molecule has 0 aliphatic rings. The van der Waals surface area contributed by atoms with Crippen LogP contribution < -0.4 is 4.74 Å². The molecular formula is C16H13NO3S. The van der Waals surface area contributed by atoms with Crippen LogP contribution in [0.2, 0.25) is 0 Å². The van der Waals surface area contributed by atoms with E-state index in [1.54, 1.807) is 29.5 Å². The van der Waals surface area contributed by atoms with Crippen molar-refractivity contribution in [1.82, 2.24) is 4.98 Å². The molecule has 0 aliphatic heterocycles. The van der Waals surface area contributed by atoms with Crippen molar-refractivity contribution in [3.63, 3.8) is 0 Å². The van der Waals surface area contributed by atoms with Gasteiger partial charge in [-0.3, -0.25) is 4.98 Å². The van der Waals surface area contributed by atoms with Gasteiger partial charge in [-0.2, -0.15) is 0 Å². The van der Waals surface area contributed by atoms with Crippen molar-refractivity contribution < 1.29 is 14.6 Å². The van der Waals surface area contributed by atoms with Gasteiger partial charge in [0.25, 0.3) is 0 Å². The summed E-state index contributed by atoms with van der Waals surface area (Å²) in [5.41, 5.74) is 0.826. The first-order valence-corrected chi connectivity index (χ1v) is 7.40. The molecule has 3 rings (SSSR count). The topological polar surface area (TPSA) is 59.4 Å². The molecule has 0 saturated carbocycles. The molecule has 0 aliphatic carbocycles. The number of carboxylic acid groups (broad SMARTS) is 1.